The fourth-order valence-corrected chi connectivity index (χ4v) is 2.58. The Balaban J connectivity index is 1.50. The van der Waals surface area contributed by atoms with Gasteiger partial charge < -0.3 is 14.8 Å². The summed E-state index contributed by atoms with van der Waals surface area (Å²) in [5.74, 6) is 7.24. The molecule has 4 rings (SSSR count). The highest BCUT2D eigenvalue weighted by Crippen LogP contribution is 2.32. The Morgan fingerprint density at radius 2 is 1.58 bits per heavy atom. The van der Waals surface area contributed by atoms with Crippen LogP contribution in [0.1, 0.15) is 21.5 Å². The molecule has 0 aromatic heterocycles. The summed E-state index contributed by atoms with van der Waals surface area (Å²) in [6, 6.07) is 22.3. The number of nitrogens with one attached hydrogen (secondary N) is 1. The van der Waals surface area contributed by atoms with Crippen molar-refractivity contribution in [3.63, 3.8) is 0 Å². The molecule has 26 heavy (non-hydrogen) atoms. The molecule has 0 saturated heterocycles. The average molecular weight is 341 g/mol. The Kier molecular flexibility index (Phi) is 4.28. The van der Waals surface area contributed by atoms with E-state index in [2.05, 4.69) is 17.2 Å². The quantitative estimate of drug-likeness (QED) is 0.715. The Bertz CT molecular complexity index is 1020. The van der Waals surface area contributed by atoms with Gasteiger partial charge in [0.1, 0.15) is 0 Å². The molecule has 4 heteroatoms. The van der Waals surface area contributed by atoms with Gasteiger partial charge in [0.05, 0.1) is 0 Å². The first-order valence-corrected chi connectivity index (χ1v) is 8.16. The zero-order chi connectivity index (χ0) is 17.8. The van der Waals surface area contributed by atoms with E-state index in [1.807, 2.05) is 54.6 Å². The summed E-state index contributed by atoms with van der Waals surface area (Å²) >= 11 is 0. The first-order chi connectivity index (χ1) is 12.8. The van der Waals surface area contributed by atoms with Crippen LogP contribution < -0.4 is 14.8 Å². The minimum atomic E-state index is -0.212. The molecule has 0 atom stereocenters. The monoisotopic (exact) mass is 341 g/mol. The van der Waals surface area contributed by atoms with Gasteiger partial charge in [0.15, 0.2) is 11.5 Å². The highest BCUT2D eigenvalue weighted by atomic mass is 16.7. The molecule has 0 unspecified atom stereocenters. The molecule has 3 aromatic rings. The summed E-state index contributed by atoms with van der Waals surface area (Å²) in [7, 11) is 0. The molecular formula is C22H15NO3. The number of amides is 1. The molecule has 1 aliphatic rings. The summed E-state index contributed by atoms with van der Waals surface area (Å²) in [6.45, 7) is 0.183. The predicted molar refractivity (Wildman–Crippen MR) is 99.4 cm³/mol. The van der Waals surface area contributed by atoms with Gasteiger partial charge in [-0.25, -0.2) is 0 Å². The summed E-state index contributed by atoms with van der Waals surface area (Å²) in [5, 5.41) is 2.88. The molecule has 0 aliphatic carbocycles. The largest absolute Gasteiger partial charge is 0.454 e. The van der Waals surface area contributed by atoms with Crippen LogP contribution in [0.4, 0.5) is 5.69 Å². The van der Waals surface area contributed by atoms with E-state index in [0.717, 1.165) is 11.1 Å². The number of carbonyl (C=O) groups excluding carboxylic acids is 1. The fourth-order valence-electron chi connectivity index (χ4n) is 2.58. The van der Waals surface area contributed by atoms with Crippen molar-refractivity contribution in [3.8, 4) is 23.3 Å². The standard InChI is InChI=1S/C22H15NO3/c24-22(18-11-12-20-21(14-18)26-15-25-20)23-19-8-4-7-17(13-19)10-9-16-5-2-1-3-6-16/h1-8,11-14H,15H2,(H,23,24). The summed E-state index contributed by atoms with van der Waals surface area (Å²) < 4.78 is 10.6. The molecule has 0 saturated carbocycles. The van der Waals surface area contributed by atoms with E-state index in [1.54, 1.807) is 18.2 Å². The van der Waals surface area contributed by atoms with Gasteiger partial charge in [-0.3, -0.25) is 4.79 Å². The maximum absolute atomic E-state index is 12.5. The molecule has 4 nitrogen and oxygen atoms in total. The van der Waals surface area contributed by atoms with Crippen LogP contribution in [-0.2, 0) is 0 Å². The van der Waals surface area contributed by atoms with Gasteiger partial charge in [0.25, 0.3) is 5.91 Å². The van der Waals surface area contributed by atoms with Crippen molar-refractivity contribution >= 4 is 11.6 Å². The zero-order valence-electron chi connectivity index (χ0n) is 13.9. The minimum absolute atomic E-state index is 0.183. The lowest BCUT2D eigenvalue weighted by Crippen LogP contribution is -2.11. The number of carbonyl (C=O) groups is 1. The molecule has 1 N–H and O–H groups in total. The van der Waals surface area contributed by atoms with Crippen LogP contribution in [-0.4, -0.2) is 12.7 Å². The Morgan fingerprint density at radius 3 is 2.46 bits per heavy atom. The van der Waals surface area contributed by atoms with Crippen molar-refractivity contribution < 1.29 is 14.3 Å². The zero-order valence-corrected chi connectivity index (χ0v) is 13.9. The molecule has 3 aromatic carbocycles. The number of hydrogen-bond donors (Lipinski definition) is 1. The Hall–Kier alpha value is -3.71. The summed E-state index contributed by atoms with van der Waals surface area (Å²) in [6.07, 6.45) is 0. The van der Waals surface area contributed by atoms with Crippen LogP contribution in [0.25, 0.3) is 0 Å². The van der Waals surface area contributed by atoms with Gasteiger partial charge in [0, 0.05) is 22.4 Å². The molecule has 1 amide bonds. The molecule has 126 valence electrons. The molecule has 0 bridgehead atoms. The highest BCUT2D eigenvalue weighted by molar-refractivity contribution is 6.04. The van der Waals surface area contributed by atoms with Gasteiger partial charge in [-0.05, 0) is 48.5 Å². The van der Waals surface area contributed by atoms with E-state index < -0.39 is 0 Å². The maximum Gasteiger partial charge on any atom is 0.255 e. The lowest BCUT2D eigenvalue weighted by atomic mass is 10.1. The van der Waals surface area contributed by atoms with Gasteiger partial charge in [-0.2, -0.15) is 0 Å². The SMILES string of the molecule is O=C(Nc1cccc(C#Cc2ccccc2)c1)c1ccc2c(c1)OCO2. The smallest absolute Gasteiger partial charge is 0.255 e. The van der Waals surface area contributed by atoms with Gasteiger partial charge >= 0.3 is 0 Å². The number of hydrogen-bond acceptors (Lipinski definition) is 3. The third-order valence-corrected chi connectivity index (χ3v) is 3.88. The molecule has 1 aliphatic heterocycles. The highest BCUT2D eigenvalue weighted by Gasteiger charge is 2.16. The molecule has 0 spiro atoms. The van der Waals surface area contributed by atoms with Crippen LogP contribution in [0.2, 0.25) is 0 Å². The first-order valence-electron chi connectivity index (χ1n) is 8.16. The second-order valence-corrected chi connectivity index (χ2v) is 5.72. The number of rotatable bonds is 2. The van der Waals surface area contributed by atoms with Crippen molar-refractivity contribution in [2.45, 2.75) is 0 Å². The summed E-state index contributed by atoms with van der Waals surface area (Å²) in [5.41, 5.74) is 2.97. The number of anilines is 1. The third-order valence-electron chi connectivity index (χ3n) is 3.88. The molecule has 0 fully saturated rings. The topological polar surface area (TPSA) is 47.6 Å². The minimum Gasteiger partial charge on any atom is -0.454 e. The molecule has 0 radical (unpaired) electrons. The van der Waals surface area contributed by atoms with E-state index in [9.17, 15) is 4.79 Å². The van der Waals surface area contributed by atoms with Crippen LogP contribution in [0.3, 0.4) is 0 Å². The number of fused-ring (bicyclic) bond motifs is 1. The van der Waals surface area contributed by atoms with Crippen molar-refractivity contribution in [2.75, 3.05) is 12.1 Å². The van der Waals surface area contributed by atoms with Gasteiger partial charge in [-0.15, -0.1) is 0 Å². The van der Waals surface area contributed by atoms with E-state index in [0.29, 0.717) is 22.7 Å². The van der Waals surface area contributed by atoms with Crippen molar-refractivity contribution in [2.24, 2.45) is 0 Å². The molecular weight excluding hydrogens is 326 g/mol. The number of benzene rings is 3. The van der Waals surface area contributed by atoms with Crippen LogP contribution in [0.5, 0.6) is 11.5 Å². The van der Waals surface area contributed by atoms with E-state index in [4.69, 9.17) is 9.47 Å². The Labute approximate surface area is 151 Å². The van der Waals surface area contributed by atoms with Crippen LogP contribution >= 0.6 is 0 Å². The fraction of sp³-hybridized carbons (Fsp3) is 0.0455. The average Bonchev–Trinajstić information content (AvgIpc) is 3.15. The van der Waals surface area contributed by atoms with Crippen molar-refractivity contribution in [1.82, 2.24) is 0 Å². The van der Waals surface area contributed by atoms with Crippen LogP contribution in [0.15, 0.2) is 72.8 Å². The second kappa shape index (κ2) is 7.04. The first kappa shape index (κ1) is 15.8. The normalized spacial score (nSPS) is 11.4. The predicted octanol–water partition coefficient (Wildman–Crippen LogP) is 4.07. The Morgan fingerprint density at radius 1 is 0.808 bits per heavy atom. The second-order valence-electron chi connectivity index (χ2n) is 5.72. The lowest BCUT2D eigenvalue weighted by molar-refractivity contribution is 0.102. The third kappa shape index (κ3) is 3.52. The van der Waals surface area contributed by atoms with Crippen LogP contribution in [0, 0.1) is 11.8 Å². The van der Waals surface area contributed by atoms with E-state index in [1.165, 1.54) is 0 Å². The van der Waals surface area contributed by atoms with Gasteiger partial charge in [0.2, 0.25) is 6.79 Å². The maximum atomic E-state index is 12.5. The molecule has 1 heterocycles. The van der Waals surface area contributed by atoms with E-state index >= 15 is 0 Å². The van der Waals surface area contributed by atoms with Gasteiger partial charge in [-0.1, -0.05) is 36.1 Å². The summed E-state index contributed by atoms with van der Waals surface area (Å²) in [4.78, 5) is 12.5. The number of ether oxygens (including phenoxy) is 2. The van der Waals surface area contributed by atoms with Crippen molar-refractivity contribution in [1.29, 1.82) is 0 Å². The van der Waals surface area contributed by atoms with E-state index in [-0.39, 0.29) is 12.7 Å². The van der Waals surface area contributed by atoms with Crippen molar-refractivity contribution in [3.05, 3.63) is 89.5 Å². The lowest BCUT2D eigenvalue weighted by Gasteiger charge is -2.06.